The lowest BCUT2D eigenvalue weighted by molar-refractivity contribution is 0.256. The summed E-state index contributed by atoms with van der Waals surface area (Å²) < 4.78 is 42.9. The van der Waals surface area contributed by atoms with E-state index in [1.54, 1.807) is 31.2 Å². The van der Waals surface area contributed by atoms with Gasteiger partial charge in [-0.25, -0.2) is 27.3 Å². The summed E-state index contributed by atoms with van der Waals surface area (Å²) in [5.41, 5.74) is 0.857. The minimum absolute atomic E-state index is 0.0232. The van der Waals surface area contributed by atoms with Crippen molar-refractivity contribution < 1.29 is 17.6 Å². The van der Waals surface area contributed by atoms with E-state index >= 15 is 4.39 Å². The van der Waals surface area contributed by atoms with E-state index in [0.717, 1.165) is 28.1 Å². The van der Waals surface area contributed by atoms with Crippen molar-refractivity contribution in [1.82, 2.24) is 14.3 Å². The molecule has 1 aliphatic rings. The Morgan fingerprint density at radius 3 is 2.63 bits per heavy atom. The molecular formula is C23H24FN5O4S2. The maximum Gasteiger partial charge on any atom is 0.333 e. The molecule has 2 heterocycles. The molecule has 0 spiro atoms. The van der Waals surface area contributed by atoms with E-state index in [1.165, 1.54) is 12.1 Å². The summed E-state index contributed by atoms with van der Waals surface area (Å²) >= 11 is 1.16. The molecule has 1 atom stereocenters. The SMILES string of the molecule is CCNc1ccc2c(=O)n(-c3ccc(NC(=O)NS(=O)(=O)C4=CCC(C)S4)cc3F)c(C)nc2c1. The zero-order chi connectivity index (χ0) is 25.3. The molecule has 2 aromatic carbocycles. The predicted octanol–water partition coefficient (Wildman–Crippen LogP) is 4.08. The van der Waals surface area contributed by atoms with Crippen LogP contribution in [0.1, 0.15) is 26.1 Å². The average Bonchev–Trinajstić information content (AvgIpc) is 3.22. The van der Waals surface area contributed by atoms with Gasteiger partial charge in [-0.2, -0.15) is 0 Å². The molecule has 0 saturated carbocycles. The molecule has 35 heavy (non-hydrogen) atoms. The molecule has 0 bridgehead atoms. The standard InChI is InChI=1S/C23H24FN5O4S2/c1-4-25-15-6-8-17-19(12-15)26-14(3)29(22(17)30)20-9-7-16(11-18(20)24)27-23(31)28-35(32,33)21-10-5-13(2)34-21/h6-13,25H,4-5H2,1-3H3,(H2,27,28,31). The number of halogens is 1. The van der Waals surface area contributed by atoms with Gasteiger partial charge < -0.3 is 10.6 Å². The van der Waals surface area contributed by atoms with Crippen molar-refractivity contribution in [2.24, 2.45) is 0 Å². The number of amides is 2. The molecule has 1 aliphatic heterocycles. The smallest absolute Gasteiger partial charge is 0.333 e. The monoisotopic (exact) mass is 517 g/mol. The topological polar surface area (TPSA) is 122 Å². The highest BCUT2D eigenvalue weighted by atomic mass is 32.3. The van der Waals surface area contributed by atoms with Crippen molar-refractivity contribution in [3.63, 3.8) is 0 Å². The number of hydrogen-bond acceptors (Lipinski definition) is 7. The van der Waals surface area contributed by atoms with E-state index in [1.807, 2.05) is 18.6 Å². The van der Waals surface area contributed by atoms with Crippen LogP contribution in [-0.4, -0.2) is 35.8 Å². The molecule has 0 aliphatic carbocycles. The minimum Gasteiger partial charge on any atom is -0.385 e. The van der Waals surface area contributed by atoms with Crippen LogP contribution < -0.4 is 20.9 Å². The predicted molar refractivity (Wildman–Crippen MR) is 137 cm³/mol. The van der Waals surface area contributed by atoms with Gasteiger partial charge in [-0.3, -0.25) is 9.36 Å². The number of urea groups is 1. The molecule has 184 valence electrons. The second-order valence-corrected chi connectivity index (χ2v) is 11.4. The van der Waals surface area contributed by atoms with Crippen LogP contribution in [0.25, 0.3) is 16.6 Å². The third-order valence-electron chi connectivity index (χ3n) is 5.29. The summed E-state index contributed by atoms with van der Waals surface area (Å²) in [6, 6.07) is 7.84. The number of allylic oxidation sites excluding steroid dienone is 1. The highest BCUT2D eigenvalue weighted by Crippen LogP contribution is 2.34. The fourth-order valence-electron chi connectivity index (χ4n) is 3.72. The van der Waals surface area contributed by atoms with E-state index in [9.17, 15) is 18.0 Å². The van der Waals surface area contributed by atoms with Crippen LogP contribution >= 0.6 is 11.8 Å². The number of aromatic nitrogens is 2. The second-order valence-electron chi connectivity index (χ2n) is 7.97. The zero-order valence-corrected chi connectivity index (χ0v) is 20.9. The first-order valence-electron chi connectivity index (χ1n) is 10.9. The Kier molecular flexibility index (Phi) is 6.86. The summed E-state index contributed by atoms with van der Waals surface area (Å²) in [6.07, 6.45) is 2.15. The quantitative estimate of drug-likeness (QED) is 0.450. The van der Waals surface area contributed by atoms with Crippen molar-refractivity contribution >= 4 is 50.1 Å². The summed E-state index contributed by atoms with van der Waals surface area (Å²) in [7, 11) is -4.00. The van der Waals surface area contributed by atoms with Gasteiger partial charge in [-0.15, -0.1) is 11.8 Å². The van der Waals surface area contributed by atoms with Crippen molar-refractivity contribution in [2.75, 3.05) is 17.2 Å². The lowest BCUT2D eigenvalue weighted by atomic mass is 10.2. The number of carbonyl (C=O) groups excluding carboxylic acids is 1. The Morgan fingerprint density at radius 1 is 1.23 bits per heavy atom. The van der Waals surface area contributed by atoms with Crippen LogP contribution in [0.4, 0.5) is 20.6 Å². The molecule has 12 heteroatoms. The zero-order valence-electron chi connectivity index (χ0n) is 19.3. The van der Waals surface area contributed by atoms with E-state index in [2.05, 4.69) is 15.6 Å². The van der Waals surface area contributed by atoms with Crippen molar-refractivity contribution in [2.45, 2.75) is 32.4 Å². The van der Waals surface area contributed by atoms with Crippen LogP contribution in [0, 0.1) is 12.7 Å². The first-order chi connectivity index (χ1) is 16.6. The molecule has 2 amide bonds. The number of nitrogens with one attached hydrogen (secondary N) is 3. The Morgan fingerprint density at radius 2 is 1.97 bits per heavy atom. The highest BCUT2D eigenvalue weighted by Gasteiger charge is 2.27. The van der Waals surface area contributed by atoms with Crippen LogP contribution in [0.15, 0.2) is 51.5 Å². The van der Waals surface area contributed by atoms with Crippen LogP contribution in [-0.2, 0) is 10.0 Å². The van der Waals surface area contributed by atoms with Gasteiger partial charge in [0.25, 0.3) is 15.6 Å². The number of fused-ring (bicyclic) bond motifs is 1. The highest BCUT2D eigenvalue weighted by molar-refractivity contribution is 8.18. The Bertz CT molecular complexity index is 1520. The van der Waals surface area contributed by atoms with Gasteiger partial charge in [0.05, 0.1) is 16.6 Å². The lowest BCUT2D eigenvalue weighted by Crippen LogP contribution is -2.34. The fourth-order valence-corrected chi connectivity index (χ4v) is 6.34. The second kappa shape index (κ2) is 9.70. The van der Waals surface area contributed by atoms with Crippen molar-refractivity contribution in [3.8, 4) is 5.69 Å². The molecule has 1 unspecified atom stereocenters. The molecule has 0 radical (unpaired) electrons. The maximum atomic E-state index is 15.0. The normalized spacial score (nSPS) is 15.7. The largest absolute Gasteiger partial charge is 0.385 e. The van der Waals surface area contributed by atoms with E-state index in [-0.39, 0.29) is 26.7 Å². The Hall–Kier alpha value is -3.38. The van der Waals surface area contributed by atoms with E-state index in [4.69, 9.17) is 0 Å². The number of rotatable bonds is 6. The van der Waals surface area contributed by atoms with Crippen molar-refractivity contribution in [3.05, 3.63) is 68.7 Å². The number of sulfonamides is 1. The summed E-state index contributed by atoms with van der Waals surface area (Å²) in [5, 5.41) is 5.91. The number of aryl methyl sites for hydroxylation is 1. The summed E-state index contributed by atoms with van der Waals surface area (Å²) in [6.45, 7) is 6.15. The number of hydrogen-bond donors (Lipinski definition) is 3. The van der Waals surface area contributed by atoms with Gasteiger partial charge in [0.2, 0.25) is 0 Å². The number of thioether (sulfide) groups is 1. The van der Waals surface area contributed by atoms with E-state index < -0.39 is 27.4 Å². The Balaban J connectivity index is 1.58. The third kappa shape index (κ3) is 5.17. The first kappa shape index (κ1) is 24.7. The van der Waals surface area contributed by atoms with E-state index in [0.29, 0.717) is 23.9 Å². The Labute approximate surface area is 205 Å². The molecule has 3 aromatic rings. The van der Waals surface area contributed by atoms with Crippen LogP contribution in [0.5, 0.6) is 0 Å². The summed E-state index contributed by atoms with van der Waals surface area (Å²) in [4.78, 5) is 29.8. The average molecular weight is 518 g/mol. The first-order valence-corrected chi connectivity index (χ1v) is 13.2. The van der Waals surface area contributed by atoms with Crippen LogP contribution in [0.3, 0.4) is 0 Å². The van der Waals surface area contributed by atoms with Gasteiger partial charge in [0.1, 0.15) is 15.9 Å². The minimum atomic E-state index is -4.00. The molecular weight excluding hydrogens is 493 g/mol. The van der Waals surface area contributed by atoms with Gasteiger partial charge in [0, 0.05) is 23.2 Å². The molecule has 0 fully saturated rings. The summed E-state index contributed by atoms with van der Waals surface area (Å²) in [5.74, 6) is -0.500. The van der Waals surface area contributed by atoms with Gasteiger partial charge in [0.15, 0.2) is 0 Å². The molecule has 9 nitrogen and oxygen atoms in total. The number of anilines is 2. The van der Waals surface area contributed by atoms with Crippen molar-refractivity contribution in [1.29, 1.82) is 0 Å². The maximum absolute atomic E-state index is 15.0. The van der Waals surface area contributed by atoms with Crippen LogP contribution in [0.2, 0.25) is 0 Å². The molecule has 1 aromatic heterocycles. The molecule has 3 N–H and O–H groups in total. The van der Waals surface area contributed by atoms with Gasteiger partial charge in [-0.1, -0.05) is 13.0 Å². The lowest BCUT2D eigenvalue weighted by Gasteiger charge is -2.14. The number of benzene rings is 2. The third-order valence-corrected chi connectivity index (χ3v) is 8.38. The van der Waals surface area contributed by atoms with Gasteiger partial charge in [-0.05, 0) is 56.7 Å². The number of carbonyl (C=O) groups is 1. The fraction of sp³-hybridized carbons (Fsp3) is 0.261. The number of nitrogens with zero attached hydrogens (tertiary/aromatic N) is 2. The molecule has 4 rings (SSSR count). The van der Waals surface area contributed by atoms with Gasteiger partial charge >= 0.3 is 6.03 Å². The molecule has 0 saturated heterocycles.